The van der Waals surface area contributed by atoms with Crippen LogP contribution in [0.3, 0.4) is 0 Å². The zero-order valence-electron chi connectivity index (χ0n) is 19.5. The number of nitrogens with zero attached hydrogens (tertiary/aromatic N) is 2. The van der Waals surface area contributed by atoms with E-state index in [2.05, 4.69) is 30.3 Å². The van der Waals surface area contributed by atoms with Gasteiger partial charge in [-0.1, -0.05) is 72.0 Å². The van der Waals surface area contributed by atoms with Crippen molar-refractivity contribution in [1.29, 1.82) is 0 Å². The van der Waals surface area contributed by atoms with Crippen molar-refractivity contribution >= 4 is 23.1 Å². The highest BCUT2D eigenvalue weighted by atomic mass is 32.1. The van der Waals surface area contributed by atoms with Gasteiger partial charge in [-0.3, -0.25) is 9.36 Å². The molecule has 6 heteroatoms. The normalized spacial score (nSPS) is 16.7. The third kappa shape index (κ3) is 3.53. The summed E-state index contributed by atoms with van der Waals surface area (Å²) in [5.74, 6) is 1.50. The molecule has 0 saturated carbocycles. The number of hydrogen-bond donors (Lipinski definition) is 0. The smallest absolute Gasteiger partial charge is 0.271 e. The third-order valence-electron chi connectivity index (χ3n) is 6.73. The summed E-state index contributed by atoms with van der Waals surface area (Å²) in [5.41, 5.74) is 6.36. The van der Waals surface area contributed by atoms with E-state index < -0.39 is 0 Å². The first-order valence-corrected chi connectivity index (χ1v) is 12.4. The molecule has 3 aromatic carbocycles. The Morgan fingerprint density at radius 1 is 0.914 bits per heavy atom. The minimum absolute atomic E-state index is 0.0547. The van der Waals surface area contributed by atoms with Crippen molar-refractivity contribution in [3.05, 3.63) is 120 Å². The average molecular weight is 481 g/mol. The fraction of sp³-hybridized carbons (Fsp3) is 0.172. The average Bonchev–Trinajstić information content (AvgIpc) is 3.22. The first kappa shape index (κ1) is 21.6. The molecule has 1 aliphatic carbocycles. The van der Waals surface area contributed by atoms with Crippen LogP contribution in [0.15, 0.2) is 88.2 Å². The van der Waals surface area contributed by atoms with E-state index in [9.17, 15) is 4.79 Å². The van der Waals surface area contributed by atoms with Gasteiger partial charge in [0.1, 0.15) is 11.5 Å². The van der Waals surface area contributed by atoms with E-state index in [1.54, 1.807) is 14.2 Å². The minimum atomic E-state index is -0.273. The molecular formula is C29H24N2O3S. The molecular weight excluding hydrogens is 456 g/mol. The van der Waals surface area contributed by atoms with Crippen LogP contribution in [-0.4, -0.2) is 18.8 Å². The Kier molecular flexibility index (Phi) is 5.38. The van der Waals surface area contributed by atoms with E-state index in [0.717, 1.165) is 52.3 Å². The fourth-order valence-electron chi connectivity index (χ4n) is 5.12. The summed E-state index contributed by atoms with van der Waals surface area (Å²) in [6.45, 7) is 0. The van der Waals surface area contributed by atoms with E-state index >= 15 is 0 Å². The number of aryl methyl sites for hydroxylation is 1. The Morgan fingerprint density at radius 2 is 1.63 bits per heavy atom. The Morgan fingerprint density at radius 3 is 2.46 bits per heavy atom. The highest BCUT2D eigenvalue weighted by Crippen LogP contribution is 2.43. The van der Waals surface area contributed by atoms with Crippen LogP contribution in [0.5, 0.6) is 11.5 Å². The maximum Gasteiger partial charge on any atom is 0.271 e. The summed E-state index contributed by atoms with van der Waals surface area (Å²) in [5, 5.41) is 0. The molecule has 174 valence electrons. The van der Waals surface area contributed by atoms with Crippen molar-refractivity contribution in [3.8, 4) is 11.5 Å². The highest BCUT2D eigenvalue weighted by Gasteiger charge is 2.33. The molecule has 1 aliphatic heterocycles. The molecule has 1 atom stereocenters. The third-order valence-corrected chi connectivity index (χ3v) is 7.71. The number of methoxy groups -OCH3 is 2. The lowest BCUT2D eigenvalue weighted by atomic mass is 9.83. The van der Waals surface area contributed by atoms with Gasteiger partial charge in [0.25, 0.3) is 5.56 Å². The van der Waals surface area contributed by atoms with Gasteiger partial charge < -0.3 is 9.47 Å². The van der Waals surface area contributed by atoms with Crippen LogP contribution >= 0.6 is 11.3 Å². The topological polar surface area (TPSA) is 52.8 Å². The van der Waals surface area contributed by atoms with Crippen LogP contribution in [0.1, 0.15) is 34.7 Å². The second-order valence-electron chi connectivity index (χ2n) is 8.60. The monoisotopic (exact) mass is 480 g/mol. The van der Waals surface area contributed by atoms with Crippen LogP contribution in [0, 0.1) is 0 Å². The lowest BCUT2D eigenvalue weighted by Crippen LogP contribution is -2.39. The maximum absolute atomic E-state index is 13.9. The summed E-state index contributed by atoms with van der Waals surface area (Å²) in [6, 6.07) is 23.8. The van der Waals surface area contributed by atoms with Crippen molar-refractivity contribution in [2.24, 2.45) is 4.99 Å². The molecule has 0 radical (unpaired) electrons. The van der Waals surface area contributed by atoms with Gasteiger partial charge in [-0.2, -0.15) is 0 Å². The van der Waals surface area contributed by atoms with Crippen molar-refractivity contribution in [2.75, 3.05) is 14.2 Å². The number of ether oxygens (including phenoxy) is 2. The van der Waals surface area contributed by atoms with Crippen molar-refractivity contribution in [2.45, 2.75) is 18.9 Å². The molecule has 2 aliphatic rings. The van der Waals surface area contributed by atoms with Gasteiger partial charge in [0.05, 0.1) is 30.5 Å². The SMILES string of the molecule is COc1ccccc1C=c1sc2n(c1=O)C(c1ccccc1OC)C1=C(N=2)c2ccccc2CC1. The van der Waals surface area contributed by atoms with Gasteiger partial charge in [0, 0.05) is 16.7 Å². The second-order valence-corrected chi connectivity index (χ2v) is 9.61. The minimum Gasteiger partial charge on any atom is -0.496 e. The zero-order chi connectivity index (χ0) is 23.9. The number of benzene rings is 3. The summed E-state index contributed by atoms with van der Waals surface area (Å²) in [4.78, 5) is 19.7. The molecule has 0 amide bonds. The largest absolute Gasteiger partial charge is 0.496 e. The molecule has 1 unspecified atom stereocenters. The van der Waals surface area contributed by atoms with Crippen LogP contribution in [-0.2, 0) is 6.42 Å². The highest BCUT2D eigenvalue weighted by molar-refractivity contribution is 7.07. The van der Waals surface area contributed by atoms with Crippen LogP contribution in [0.4, 0.5) is 0 Å². The van der Waals surface area contributed by atoms with Gasteiger partial charge in [0.15, 0.2) is 4.80 Å². The van der Waals surface area contributed by atoms with Gasteiger partial charge in [-0.05, 0) is 42.2 Å². The Balaban J connectivity index is 1.65. The number of aromatic nitrogens is 1. The zero-order valence-corrected chi connectivity index (χ0v) is 20.3. The summed E-state index contributed by atoms with van der Waals surface area (Å²) >= 11 is 1.42. The van der Waals surface area contributed by atoms with Gasteiger partial charge in [-0.15, -0.1) is 0 Å². The lowest BCUT2D eigenvalue weighted by Gasteiger charge is -2.31. The van der Waals surface area contributed by atoms with Gasteiger partial charge in [0.2, 0.25) is 0 Å². The molecule has 0 spiro atoms. The van der Waals surface area contributed by atoms with E-state index in [4.69, 9.17) is 14.5 Å². The quantitative estimate of drug-likeness (QED) is 0.437. The number of thiazole rings is 1. The Hall–Kier alpha value is -3.90. The summed E-state index contributed by atoms with van der Waals surface area (Å²) in [7, 11) is 3.32. The molecule has 6 rings (SSSR count). The molecule has 2 heterocycles. The number of hydrogen-bond acceptors (Lipinski definition) is 5. The molecule has 5 nitrogen and oxygen atoms in total. The predicted molar refractivity (Wildman–Crippen MR) is 139 cm³/mol. The van der Waals surface area contributed by atoms with Crippen LogP contribution < -0.4 is 24.4 Å². The Labute approximate surface area is 206 Å². The van der Waals surface area contributed by atoms with Crippen LogP contribution in [0.2, 0.25) is 0 Å². The van der Waals surface area contributed by atoms with E-state index in [1.165, 1.54) is 16.9 Å². The van der Waals surface area contributed by atoms with Gasteiger partial charge >= 0.3 is 0 Å². The standard InChI is InChI=1S/C29H24N2O3S/c1-33-23-13-7-4-10-19(23)17-25-28(32)31-27(21-12-6-8-14-24(21)34-2)22-16-15-18-9-3-5-11-20(18)26(22)30-29(31)35-25/h3-14,17,27H,15-16H2,1-2H3. The first-order chi connectivity index (χ1) is 17.2. The molecule has 1 aromatic heterocycles. The predicted octanol–water partition coefficient (Wildman–Crippen LogP) is 4.34. The fourth-order valence-corrected chi connectivity index (χ4v) is 6.11. The Bertz CT molecular complexity index is 1660. The van der Waals surface area contributed by atoms with Crippen LogP contribution in [0.25, 0.3) is 11.8 Å². The summed E-state index contributed by atoms with van der Waals surface area (Å²) in [6.07, 6.45) is 3.66. The molecule has 0 N–H and O–H groups in total. The molecule has 0 bridgehead atoms. The van der Waals surface area contributed by atoms with Crippen molar-refractivity contribution < 1.29 is 9.47 Å². The molecule has 0 saturated heterocycles. The second kappa shape index (κ2) is 8.71. The molecule has 0 fully saturated rings. The van der Waals surface area contributed by atoms with E-state index in [0.29, 0.717) is 9.33 Å². The molecule has 4 aromatic rings. The first-order valence-electron chi connectivity index (χ1n) is 11.6. The van der Waals surface area contributed by atoms with Crippen molar-refractivity contribution in [1.82, 2.24) is 4.57 Å². The van der Waals surface area contributed by atoms with E-state index in [-0.39, 0.29) is 11.6 Å². The maximum atomic E-state index is 13.9. The molecule has 35 heavy (non-hydrogen) atoms. The number of allylic oxidation sites excluding steroid dienone is 1. The number of rotatable bonds is 4. The number of para-hydroxylation sites is 2. The van der Waals surface area contributed by atoms with E-state index in [1.807, 2.05) is 53.1 Å². The number of fused-ring (bicyclic) bond motifs is 3. The van der Waals surface area contributed by atoms with Crippen molar-refractivity contribution in [3.63, 3.8) is 0 Å². The lowest BCUT2D eigenvalue weighted by molar-refractivity contribution is 0.402. The summed E-state index contributed by atoms with van der Waals surface area (Å²) < 4.78 is 13.7. The van der Waals surface area contributed by atoms with Gasteiger partial charge in [-0.25, -0.2) is 4.99 Å².